The van der Waals surface area contributed by atoms with E-state index in [0.29, 0.717) is 6.29 Å². The second kappa shape index (κ2) is 8.12. The Morgan fingerprint density at radius 1 is 1.38 bits per heavy atom. The van der Waals surface area contributed by atoms with Crippen molar-refractivity contribution >= 4 is 30.9 Å². The highest BCUT2D eigenvalue weighted by molar-refractivity contribution is 7.80. The zero-order valence-corrected chi connectivity index (χ0v) is 10.0. The quantitative estimate of drug-likeness (QED) is 0.348. The van der Waals surface area contributed by atoms with E-state index in [0.717, 1.165) is 0 Å². The second-order valence-corrected chi connectivity index (χ2v) is 3.31. The van der Waals surface area contributed by atoms with Crippen LogP contribution >= 0.6 is 12.6 Å². The van der Waals surface area contributed by atoms with Gasteiger partial charge in [0, 0.05) is 5.75 Å². The maximum Gasteiger partial charge on any atom is 0.323 e. The molecule has 0 spiro atoms. The highest BCUT2D eigenvalue weighted by atomic mass is 32.1. The summed E-state index contributed by atoms with van der Waals surface area (Å²) >= 11 is 3.92. The summed E-state index contributed by atoms with van der Waals surface area (Å²) in [5.74, 6) is -0.969. The van der Waals surface area contributed by atoms with Gasteiger partial charge in [-0.15, -0.1) is 0 Å². The van der Waals surface area contributed by atoms with Crippen LogP contribution in [0, 0.1) is 0 Å². The normalized spacial score (nSPS) is 13.7. The predicted molar refractivity (Wildman–Crippen MR) is 59.3 cm³/mol. The van der Waals surface area contributed by atoms with E-state index in [4.69, 9.17) is 0 Å². The van der Waals surface area contributed by atoms with Gasteiger partial charge in [0.1, 0.15) is 12.3 Å². The highest BCUT2D eigenvalue weighted by Gasteiger charge is 2.25. The summed E-state index contributed by atoms with van der Waals surface area (Å²) in [6, 6.07) is -1.52. The molecule has 0 aromatic carbocycles. The Bertz CT molecular complexity index is 258. The molecule has 0 fully saturated rings. The molecule has 0 heterocycles. The molecule has 7 heteroatoms. The Balaban J connectivity index is 4.47. The number of esters is 2. The average Bonchev–Trinajstić information content (AvgIpc) is 2.32. The van der Waals surface area contributed by atoms with Crippen LogP contribution < -0.4 is 5.32 Å². The van der Waals surface area contributed by atoms with E-state index in [2.05, 4.69) is 27.4 Å². The highest BCUT2D eigenvalue weighted by Crippen LogP contribution is 1.99. The number of ether oxygens (including phenoxy) is 2. The molecule has 0 rings (SSSR count). The Hall–Kier alpha value is -1.08. The molecule has 0 aliphatic heterocycles. The molecule has 0 amide bonds. The van der Waals surface area contributed by atoms with Crippen LogP contribution in [-0.2, 0) is 23.9 Å². The molecule has 16 heavy (non-hydrogen) atoms. The topological polar surface area (TPSA) is 81.7 Å². The number of carbonyl (C=O) groups is 3. The molecule has 0 aliphatic carbocycles. The fourth-order valence-electron chi connectivity index (χ4n) is 0.996. The van der Waals surface area contributed by atoms with Crippen LogP contribution in [0.15, 0.2) is 0 Å². The van der Waals surface area contributed by atoms with E-state index >= 15 is 0 Å². The van der Waals surface area contributed by atoms with Crippen molar-refractivity contribution in [2.45, 2.75) is 18.5 Å². The third-order valence-corrected chi connectivity index (χ3v) is 2.25. The number of aldehydes is 1. The summed E-state index contributed by atoms with van der Waals surface area (Å²) in [4.78, 5) is 32.9. The average molecular weight is 249 g/mol. The lowest BCUT2D eigenvalue weighted by molar-refractivity contribution is -0.149. The van der Waals surface area contributed by atoms with Crippen molar-refractivity contribution in [1.82, 2.24) is 5.32 Å². The third kappa shape index (κ3) is 5.13. The third-order valence-electron chi connectivity index (χ3n) is 1.86. The lowest BCUT2D eigenvalue weighted by Crippen LogP contribution is -2.46. The Kier molecular flexibility index (Phi) is 7.57. The van der Waals surface area contributed by atoms with E-state index < -0.39 is 24.0 Å². The van der Waals surface area contributed by atoms with Crippen LogP contribution in [-0.4, -0.2) is 50.3 Å². The summed E-state index contributed by atoms with van der Waals surface area (Å²) in [5, 5.41) is 2.65. The zero-order chi connectivity index (χ0) is 12.6. The van der Waals surface area contributed by atoms with Gasteiger partial charge in [0.2, 0.25) is 0 Å². The molecule has 2 unspecified atom stereocenters. The molecule has 6 nitrogen and oxygen atoms in total. The van der Waals surface area contributed by atoms with Crippen molar-refractivity contribution < 1.29 is 23.9 Å². The van der Waals surface area contributed by atoms with Crippen molar-refractivity contribution in [1.29, 1.82) is 0 Å². The van der Waals surface area contributed by atoms with Gasteiger partial charge in [-0.3, -0.25) is 14.9 Å². The van der Waals surface area contributed by atoms with E-state index in [1.54, 1.807) is 0 Å². The summed E-state index contributed by atoms with van der Waals surface area (Å²) in [6.07, 6.45) is 0.418. The molecule has 0 aliphatic rings. The minimum absolute atomic E-state index is 0.193. The van der Waals surface area contributed by atoms with Crippen molar-refractivity contribution in [2.75, 3.05) is 20.0 Å². The van der Waals surface area contributed by atoms with E-state index in [9.17, 15) is 14.4 Å². The molecule has 2 atom stereocenters. The number of hydrogen-bond acceptors (Lipinski definition) is 7. The number of hydrogen-bond donors (Lipinski definition) is 2. The van der Waals surface area contributed by atoms with Crippen LogP contribution in [0.5, 0.6) is 0 Å². The first-order valence-electron chi connectivity index (χ1n) is 4.55. The summed E-state index contributed by atoms with van der Waals surface area (Å²) in [5.41, 5.74) is 0. The van der Waals surface area contributed by atoms with Crippen molar-refractivity contribution in [2.24, 2.45) is 0 Å². The van der Waals surface area contributed by atoms with Gasteiger partial charge in [-0.2, -0.15) is 12.6 Å². The van der Waals surface area contributed by atoms with E-state index in [1.165, 1.54) is 14.2 Å². The first kappa shape index (κ1) is 14.9. The van der Waals surface area contributed by atoms with Crippen LogP contribution in [0.4, 0.5) is 0 Å². The largest absolute Gasteiger partial charge is 0.469 e. The SMILES string of the molecule is COC(=O)CC(NC(C=O)CS)C(=O)OC. The molecule has 92 valence electrons. The molecule has 0 saturated heterocycles. The predicted octanol–water partition coefficient (Wildman–Crippen LogP) is -0.822. The Morgan fingerprint density at radius 3 is 2.38 bits per heavy atom. The lowest BCUT2D eigenvalue weighted by atomic mass is 10.2. The van der Waals surface area contributed by atoms with Gasteiger partial charge in [-0.05, 0) is 0 Å². The van der Waals surface area contributed by atoms with Crippen molar-refractivity contribution in [3.05, 3.63) is 0 Å². The lowest BCUT2D eigenvalue weighted by Gasteiger charge is -2.18. The number of methoxy groups -OCH3 is 2. The maximum absolute atomic E-state index is 11.3. The van der Waals surface area contributed by atoms with Gasteiger partial charge < -0.3 is 14.3 Å². The molecule has 0 bridgehead atoms. The zero-order valence-electron chi connectivity index (χ0n) is 9.13. The fraction of sp³-hybridized carbons (Fsp3) is 0.667. The van der Waals surface area contributed by atoms with Gasteiger partial charge in [-0.25, -0.2) is 0 Å². The number of rotatable bonds is 7. The van der Waals surface area contributed by atoms with Crippen molar-refractivity contribution in [3.8, 4) is 0 Å². The van der Waals surface area contributed by atoms with Crippen LogP contribution in [0.2, 0.25) is 0 Å². The van der Waals surface area contributed by atoms with Crippen molar-refractivity contribution in [3.63, 3.8) is 0 Å². The Morgan fingerprint density at radius 2 is 2.00 bits per heavy atom. The maximum atomic E-state index is 11.3. The fourth-order valence-corrected chi connectivity index (χ4v) is 1.19. The smallest absolute Gasteiger partial charge is 0.323 e. The number of carbonyl (C=O) groups excluding carboxylic acids is 3. The number of thiol groups is 1. The molecule has 0 saturated carbocycles. The van der Waals surface area contributed by atoms with Gasteiger partial charge in [0.15, 0.2) is 0 Å². The van der Waals surface area contributed by atoms with Gasteiger partial charge in [-0.1, -0.05) is 0 Å². The van der Waals surface area contributed by atoms with Gasteiger partial charge >= 0.3 is 11.9 Å². The molecule has 0 radical (unpaired) electrons. The molecule has 1 N–H and O–H groups in total. The Labute approximate surface area is 99.1 Å². The molecular weight excluding hydrogens is 234 g/mol. The van der Waals surface area contributed by atoms with Gasteiger partial charge in [0.05, 0.1) is 26.7 Å². The monoisotopic (exact) mass is 249 g/mol. The van der Waals surface area contributed by atoms with Crippen LogP contribution in [0.3, 0.4) is 0 Å². The summed E-state index contributed by atoms with van der Waals surface area (Å²) in [6.45, 7) is 0. The first-order valence-corrected chi connectivity index (χ1v) is 5.19. The van der Waals surface area contributed by atoms with Crippen LogP contribution in [0.25, 0.3) is 0 Å². The molecule has 0 aromatic rings. The van der Waals surface area contributed by atoms with E-state index in [-0.39, 0.29) is 12.2 Å². The summed E-state index contributed by atoms with van der Waals surface area (Å²) in [7, 11) is 2.41. The van der Waals surface area contributed by atoms with E-state index in [1.807, 2.05) is 0 Å². The molecule has 0 aromatic heterocycles. The minimum atomic E-state index is -0.903. The van der Waals surface area contributed by atoms with Crippen LogP contribution in [0.1, 0.15) is 6.42 Å². The second-order valence-electron chi connectivity index (χ2n) is 2.95. The molecular formula is C9H15NO5S. The minimum Gasteiger partial charge on any atom is -0.469 e. The summed E-state index contributed by atoms with van der Waals surface area (Å²) < 4.78 is 8.93. The number of nitrogens with one attached hydrogen (secondary N) is 1. The first-order chi connectivity index (χ1) is 7.58. The standard InChI is InChI=1S/C9H15NO5S/c1-14-8(12)3-7(9(13)15-2)10-6(4-11)5-16/h4,6-7,10,16H,3,5H2,1-2H3. The van der Waals surface area contributed by atoms with Gasteiger partial charge in [0.25, 0.3) is 0 Å².